The fourth-order valence-electron chi connectivity index (χ4n) is 2.54. The van der Waals surface area contributed by atoms with Gasteiger partial charge in [-0.05, 0) is 50.3 Å². The first-order valence-electron chi connectivity index (χ1n) is 10.0. The second-order valence-corrected chi connectivity index (χ2v) is 9.57. The van der Waals surface area contributed by atoms with E-state index in [2.05, 4.69) is 15.6 Å². The number of rotatable bonds is 12. The topological polar surface area (TPSA) is 89.0 Å². The first-order valence-corrected chi connectivity index (χ1v) is 12.1. The molecular weight excluding hydrogens is 397 g/mol. The monoisotopic (exact) mass is 429 g/mol. The maximum atomic E-state index is 14.3. The van der Waals surface area contributed by atoms with E-state index in [-0.39, 0.29) is 24.2 Å². The van der Waals surface area contributed by atoms with E-state index < -0.39 is 9.84 Å². The molecule has 1 unspecified atom stereocenters. The maximum absolute atomic E-state index is 14.3. The number of nitrogens with one attached hydrogen (secondary N) is 2. The van der Waals surface area contributed by atoms with Crippen LogP contribution in [-0.2, 0) is 14.6 Å². The number of halogens is 1. The van der Waals surface area contributed by atoms with Crippen molar-refractivity contribution >= 4 is 15.8 Å². The van der Waals surface area contributed by atoms with Gasteiger partial charge < -0.3 is 20.1 Å². The van der Waals surface area contributed by atoms with Gasteiger partial charge in [0, 0.05) is 12.8 Å². The number of benzene rings is 1. The average Bonchev–Trinajstić information content (AvgIpc) is 3.47. The van der Waals surface area contributed by atoms with Gasteiger partial charge in [0.25, 0.3) is 0 Å². The minimum Gasteiger partial charge on any atom is -0.490 e. The van der Waals surface area contributed by atoms with Gasteiger partial charge in [0.2, 0.25) is 0 Å². The number of hydrogen-bond acceptors (Lipinski definition) is 5. The van der Waals surface area contributed by atoms with Crippen molar-refractivity contribution in [1.82, 2.24) is 10.6 Å². The third kappa shape index (κ3) is 9.45. The van der Waals surface area contributed by atoms with Crippen molar-refractivity contribution in [3.05, 3.63) is 29.6 Å². The summed E-state index contributed by atoms with van der Waals surface area (Å²) in [7, 11) is -3.02. The van der Waals surface area contributed by atoms with Crippen LogP contribution in [0, 0.1) is 11.7 Å². The van der Waals surface area contributed by atoms with Gasteiger partial charge in [-0.2, -0.15) is 0 Å². The van der Waals surface area contributed by atoms with Crippen molar-refractivity contribution in [3.8, 4) is 5.75 Å². The highest BCUT2D eigenvalue weighted by atomic mass is 32.2. The molecule has 0 radical (unpaired) electrons. The molecular formula is C20H32FN3O4S. The van der Waals surface area contributed by atoms with Crippen molar-refractivity contribution < 1.29 is 22.3 Å². The van der Waals surface area contributed by atoms with E-state index in [9.17, 15) is 12.8 Å². The van der Waals surface area contributed by atoms with E-state index in [4.69, 9.17) is 9.47 Å². The number of ether oxygens (including phenoxy) is 2. The van der Waals surface area contributed by atoms with Crippen LogP contribution in [-0.4, -0.2) is 59.3 Å². The lowest BCUT2D eigenvalue weighted by molar-refractivity contribution is 0.157. The predicted octanol–water partition coefficient (Wildman–Crippen LogP) is 2.29. The Morgan fingerprint density at radius 1 is 1.34 bits per heavy atom. The zero-order chi connectivity index (χ0) is 21.3. The summed E-state index contributed by atoms with van der Waals surface area (Å²) in [6, 6.07) is 4.84. The Morgan fingerprint density at radius 3 is 2.72 bits per heavy atom. The highest BCUT2D eigenvalue weighted by Gasteiger charge is 2.22. The molecule has 1 saturated carbocycles. The standard InChI is InChI=1S/C20H32FN3O4S/c1-4-22-20(23-9-10-27-11-12-29(3,25)26)24-15(2)17-7-8-19(18(21)13-17)28-14-16-5-6-16/h7-8,13,15-16H,4-6,9-12,14H2,1-3H3,(H2,22,23,24). The lowest BCUT2D eigenvalue weighted by Gasteiger charge is -2.19. The number of nitrogens with zero attached hydrogens (tertiary/aromatic N) is 1. The smallest absolute Gasteiger partial charge is 0.191 e. The molecule has 2 rings (SSSR count). The molecule has 2 N–H and O–H groups in total. The molecule has 7 nitrogen and oxygen atoms in total. The quantitative estimate of drug-likeness (QED) is 0.301. The number of sulfone groups is 1. The molecule has 0 heterocycles. The molecule has 9 heteroatoms. The normalized spacial score (nSPS) is 15.8. The zero-order valence-corrected chi connectivity index (χ0v) is 18.2. The first-order chi connectivity index (χ1) is 13.8. The van der Waals surface area contributed by atoms with Crippen LogP contribution in [0.2, 0.25) is 0 Å². The summed E-state index contributed by atoms with van der Waals surface area (Å²) in [5.74, 6) is 1.08. The molecule has 1 aliphatic carbocycles. The van der Waals surface area contributed by atoms with Gasteiger partial charge in [0.1, 0.15) is 9.84 Å². The maximum Gasteiger partial charge on any atom is 0.191 e. The molecule has 0 saturated heterocycles. The summed E-state index contributed by atoms with van der Waals surface area (Å²) >= 11 is 0. The summed E-state index contributed by atoms with van der Waals surface area (Å²) in [4.78, 5) is 4.41. The van der Waals surface area contributed by atoms with Crippen LogP contribution in [0.25, 0.3) is 0 Å². The van der Waals surface area contributed by atoms with E-state index >= 15 is 0 Å². The van der Waals surface area contributed by atoms with Crippen molar-refractivity contribution in [2.24, 2.45) is 10.9 Å². The Morgan fingerprint density at radius 2 is 2.10 bits per heavy atom. The molecule has 164 valence electrons. The molecule has 1 atom stereocenters. The van der Waals surface area contributed by atoms with E-state index in [0.29, 0.717) is 43.9 Å². The van der Waals surface area contributed by atoms with Crippen LogP contribution in [0.3, 0.4) is 0 Å². The molecule has 1 fully saturated rings. The van der Waals surface area contributed by atoms with Crippen molar-refractivity contribution in [1.29, 1.82) is 0 Å². The minimum absolute atomic E-state index is 0.00199. The molecule has 0 aromatic heterocycles. The van der Waals surface area contributed by atoms with E-state index in [0.717, 1.165) is 18.4 Å². The van der Waals surface area contributed by atoms with Crippen LogP contribution in [0.4, 0.5) is 4.39 Å². The van der Waals surface area contributed by atoms with Gasteiger partial charge in [-0.3, -0.25) is 4.99 Å². The third-order valence-electron chi connectivity index (χ3n) is 4.43. The summed E-state index contributed by atoms with van der Waals surface area (Å²) in [5, 5.41) is 6.37. The molecule has 1 aliphatic rings. The third-order valence-corrected chi connectivity index (χ3v) is 5.34. The Hall–Kier alpha value is -1.87. The van der Waals surface area contributed by atoms with Crippen molar-refractivity contribution in [3.63, 3.8) is 0 Å². The van der Waals surface area contributed by atoms with Gasteiger partial charge in [-0.25, -0.2) is 12.8 Å². The molecule has 29 heavy (non-hydrogen) atoms. The largest absolute Gasteiger partial charge is 0.490 e. The highest BCUT2D eigenvalue weighted by Crippen LogP contribution is 2.30. The second-order valence-electron chi connectivity index (χ2n) is 7.31. The van der Waals surface area contributed by atoms with Crippen LogP contribution >= 0.6 is 0 Å². The molecule has 0 spiro atoms. The Labute approximate surface area is 173 Å². The minimum atomic E-state index is -3.02. The number of hydrogen-bond donors (Lipinski definition) is 2. The van der Waals surface area contributed by atoms with E-state index in [1.165, 1.54) is 12.3 Å². The first kappa shape index (κ1) is 23.4. The van der Waals surface area contributed by atoms with Crippen LogP contribution in [0.1, 0.15) is 38.3 Å². The summed E-state index contributed by atoms with van der Waals surface area (Å²) in [6.07, 6.45) is 3.50. The van der Waals surface area contributed by atoms with Gasteiger partial charge in [0.15, 0.2) is 17.5 Å². The average molecular weight is 430 g/mol. The predicted molar refractivity (Wildman–Crippen MR) is 113 cm³/mol. The molecule has 0 amide bonds. The summed E-state index contributed by atoms with van der Waals surface area (Å²) in [5.41, 5.74) is 0.788. The SMILES string of the molecule is CCNC(=NCCOCCS(C)(=O)=O)NC(C)c1ccc(OCC2CC2)c(F)c1. The summed E-state index contributed by atoms with van der Waals surface area (Å²) < 4.78 is 47.3. The Kier molecular flexibility index (Phi) is 9.16. The Balaban J connectivity index is 1.83. The van der Waals surface area contributed by atoms with Crippen molar-refractivity contribution in [2.75, 3.05) is 44.9 Å². The molecule has 1 aromatic carbocycles. The molecule has 1 aromatic rings. The zero-order valence-electron chi connectivity index (χ0n) is 17.4. The second kappa shape index (κ2) is 11.3. The van der Waals surface area contributed by atoms with Gasteiger partial charge in [-0.1, -0.05) is 6.07 Å². The van der Waals surface area contributed by atoms with Crippen LogP contribution < -0.4 is 15.4 Å². The molecule has 0 aliphatic heterocycles. The lowest BCUT2D eigenvalue weighted by atomic mass is 10.1. The van der Waals surface area contributed by atoms with Gasteiger partial charge in [0.05, 0.1) is 38.2 Å². The highest BCUT2D eigenvalue weighted by molar-refractivity contribution is 7.90. The van der Waals surface area contributed by atoms with Gasteiger partial charge >= 0.3 is 0 Å². The molecule has 0 bridgehead atoms. The lowest BCUT2D eigenvalue weighted by Crippen LogP contribution is -2.39. The van der Waals surface area contributed by atoms with Crippen LogP contribution in [0.5, 0.6) is 5.75 Å². The fourth-order valence-corrected chi connectivity index (χ4v) is 2.96. The van der Waals surface area contributed by atoms with E-state index in [1.54, 1.807) is 6.07 Å². The van der Waals surface area contributed by atoms with Crippen molar-refractivity contribution in [2.45, 2.75) is 32.7 Å². The Bertz CT molecular complexity index is 782. The fraction of sp³-hybridized carbons (Fsp3) is 0.650. The number of guanidine groups is 1. The van der Waals surface area contributed by atoms with Crippen LogP contribution in [0.15, 0.2) is 23.2 Å². The van der Waals surface area contributed by atoms with E-state index in [1.807, 2.05) is 19.9 Å². The number of aliphatic imine (C=N–C) groups is 1. The van der Waals surface area contributed by atoms with Gasteiger partial charge in [-0.15, -0.1) is 0 Å². The summed E-state index contributed by atoms with van der Waals surface area (Å²) in [6.45, 7) is 5.99.